The van der Waals surface area contributed by atoms with Gasteiger partial charge < -0.3 is 16.4 Å². The Morgan fingerprint density at radius 2 is 1.70 bits per heavy atom. The van der Waals surface area contributed by atoms with Crippen LogP contribution in [0.2, 0.25) is 0 Å². The van der Waals surface area contributed by atoms with Crippen LogP contribution < -0.4 is 16.4 Å². The van der Waals surface area contributed by atoms with Gasteiger partial charge in [-0.25, -0.2) is 0 Å². The number of carbonyl (C=O) groups excluding carboxylic acids is 2. The Kier molecular flexibility index (Phi) is 11.1. The average Bonchev–Trinajstić information content (AvgIpc) is 2.45. The third-order valence-corrected chi connectivity index (χ3v) is 3.51. The molecule has 0 radical (unpaired) electrons. The lowest BCUT2D eigenvalue weighted by atomic mass is 10.0. The van der Waals surface area contributed by atoms with Gasteiger partial charge in [0.05, 0.1) is 0 Å². The van der Waals surface area contributed by atoms with Crippen LogP contribution in [-0.4, -0.2) is 31.4 Å². The highest BCUT2D eigenvalue weighted by Crippen LogP contribution is 2.10. The molecule has 2 unspecified atom stereocenters. The monoisotopic (exact) mass is 285 g/mol. The van der Waals surface area contributed by atoms with E-state index in [1.165, 1.54) is 0 Å². The molecule has 20 heavy (non-hydrogen) atoms. The van der Waals surface area contributed by atoms with Crippen molar-refractivity contribution in [3.05, 3.63) is 0 Å². The fourth-order valence-electron chi connectivity index (χ4n) is 2.08. The molecule has 0 bridgehead atoms. The van der Waals surface area contributed by atoms with Gasteiger partial charge in [-0.2, -0.15) is 0 Å². The first-order valence-electron chi connectivity index (χ1n) is 7.78. The van der Waals surface area contributed by atoms with Gasteiger partial charge in [-0.1, -0.05) is 39.5 Å². The number of likely N-dealkylation sites (N-methyl/N-ethyl adjacent to an activating group) is 1. The van der Waals surface area contributed by atoms with Crippen molar-refractivity contribution in [2.24, 2.45) is 11.7 Å². The second-order valence-corrected chi connectivity index (χ2v) is 5.36. The normalized spacial score (nSPS) is 13.6. The Hall–Kier alpha value is -1.10. The topological polar surface area (TPSA) is 84.2 Å². The molecule has 0 spiro atoms. The van der Waals surface area contributed by atoms with Crippen LogP contribution in [0.5, 0.6) is 0 Å². The molecule has 0 fully saturated rings. The summed E-state index contributed by atoms with van der Waals surface area (Å²) < 4.78 is 0. The van der Waals surface area contributed by atoms with Crippen molar-refractivity contribution in [1.82, 2.24) is 10.6 Å². The van der Waals surface area contributed by atoms with Crippen molar-refractivity contribution in [2.75, 3.05) is 13.6 Å². The molecular formula is C15H31N3O2. The Bertz CT molecular complexity index is 282. The molecular weight excluding hydrogens is 254 g/mol. The summed E-state index contributed by atoms with van der Waals surface area (Å²) in [5.41, 5.74) is 5.44. The SMILES string of the molecule is CCCCCC(NC(=O)C(C)CCCCN)C(=O)NC. The Labute approximate surface area is 123 Å². The molecule has 2 amide bonds. The van der Waals surface area contributed by atoms with E-state index in [0.29, 0.717) is 13.0 Å². The first-order chi connectivity index (χ1) is 9.56. The third-order valence-electron chi connectivity index (χ3n) is 3.51. The Balaban J connectivity index is 4.25. The van der Waals surface area contributed by atoms with Gasteiger partial charge in [0.15, 0.2) is 0 Å². The van der Waals surface area contributed by atoms with Crippen molar-refractivity contribution in [2.45, 2.75) is 64.8 Å². The number of hydrogen-bond donors (Lipinski definition) is 3. The van der Waals surface area contributed by atoms with Crippen LogP contribution in [0.1, 0.15) is 58.8 Å². The van der Waals surface area contributed by atoms with Gasteiger partial charge in [0.1, 0.15) is 6.04 Å². The molecule has 0 heterocycles. The zero-order chi connectivity index (χ0) is 15.4. The van der Waals surface area contributed by atoms with E-state index < -0.39 is 6.04 Å². The molecule has 0 aliphatic carbocycles. The number of amides is 2. The molecule has 0 aromatic rings. The summed E-state index contributed by atoms with van der Waals surface area (Å²) in [6, 6.07) is -0.406. The summed E-state index contributed by atoms with van der Waals surface area (Å²) in [6.45, 7) is 4.68. The fourth-order valence-corrected chi connectivity index (χ4v) is 2.08. The summed E-state index contributed by atoms with van der Waals surface area (Å²) in [5.74, 6) is -0.212. The molecule has 0 rings (SSSR count). The minimum atomic E-state index is -0.406. The van der Waals surface area contributed by atoms with Gasteiger partial charge >= 0.3 is 0 Å². The molecule has 0 saturated heterocycles. The van der Waals surface area contributed by atoms with Gasteiger partial charge in [0.2, 0.25) is 11.8 Å². The van der Waals surface area contributed by atoms with Crippen LogP contribution in [-0.2, 0) is 9.59 Å². The van der Waals surface area contributed by atoms with Crippen LogP contribution in [0, 0.1) is 5.92 Å². The Morgan fingerprint density at radius 1 is 1.05 bits per heavy atom. The van der Waals surface area contributed by atoms with E-state index in [1.807, 2.05) is 6.92 Å². The van der Waals surface area contributed by atoms with Gasteiger partial charge in [0.25, 0.3) is 0 Å². The summed E-state index contributed by atoms with van der Waals surface area (Å²) in [7, 11) is 1.60. The summed E-state index contributed by atoms with van der Waals surface area (Å²) in [5, 5.41) is 5.49. The third kappa shape index (κ3) is 8.15. The van der Waals surface area contributed by atoms with Gasteiger partial charge in [0, 0.05) is 13.0 Å². The van der Waals surface area contributed by atoms with E-state index in [4.69, 9.17) is 5.73 Å². The number of nitrogens with one attached hydrogen (secondary N) is 2. The largest absolute Gasteiger partial charge is 0.357 e. The quantitative estimate of drug-likeness (QED) is 0.504. The van der Waals surface area contributed by atoms with Gasteiger partial charge in [-0.05, 0) is 25.8 Å². The predicted octanol–water partition coefficient (Wildman–Crippen LogP) is 1.56. The minimum Gasteiger partial charge on any atom is -0.357 e. The van der Waals surface area contributed by atoms with Crippen molar-refractivity contribution in [3.63, 3.8) is 0 Å². The minimum absolute atomic E-state index is 0.0351. The lowest BCUT2D eigenvalue weighted by Gasteiger charge is -2.20. The first-order valence-corrected chi connectivity index (χ1v) is 7.78. The molecule has 0 aromatic heterocycles. The van der Waals surface area contributed by atoms with Crippen molar-refractivity contribution < 1.29 is 9.59 Å². The smallest absolute Gasteiger partial charge is 0.242 e. The van der Waals surface area contributed by atoms with E-state index in [2.05, 4.69) is 17.6 Å². The van der Waals surface area contributed by atoms with E-state index >= 15 is 0 Å². The second kappa shape index (κ2) is 11.7. The maximum atomic E-state index is 12.1. The summed E-state index contributed by atoms with van der Waals surface area (Å²) in [4.78, 5) is 23.9. The summed E-state index contributed by atoms with van der Waals surface area (Å²) in [6.07, 6.45) is 6.54. The van der Waals surface area contributed by atoms with Crippen LogP contribution in [0.3, 0.4) is 0 Å². The van der Waals surface area contributed by atoms with Crippen molar-refractivity contribution >= 4 is 11.8 Å². The predicted molar refractivity (Wildman–Crippen MR) is 82.2 cm³/mol. The highest BCUT2D eigenvalue weighted by molar-refractivity contribution is 5.88. The molecule has 5 heteroatoms. The Morgan fingerprint density at radius 3 is 2.25 bits per heavy atom. The lowest BCUT2D eigenvalue weighted by Crippen LogP contribution is -2.47. The number of nitrogens with two attached hydrogens (primary N) is 1. The average molecular weight is 285 g/mol. The molecule has 0 aliphatic rings. The zero-order valence-corrected chi connectivity index (χ0v) is 13.2. The lowest BCUT2D eigenvalue weighted by molar-refractivity contribution is -0.131. The van der Waals surface area contributed by atoms with Crippen molar-refractivity contribution in [3.8, 4) is 0 Å². The standard InChI is InChI=1S/C15H31N3O2/c1-4-5-6-10-13(15(20)17-3)18-14(19)12(2)9-7-8-11-16/h12-13H,4-11,16H2,1-3H3,(H,17,20)(H,18,19). The number of rotatable bonds is 11. The van der Waals surface area contributed by atoms with Gasteiger partial charge in [-0.15, -0.1) is 0 Å². The number of hydrogen-bond acceptors (Lipinski definition) is 3. The van der Waals surface area contributed by atoms with E-state index in [9.17, 15) is 9.59 Å². The molecule has 4 N–H and O–H groups in total. The molecule has 0 aromatic carbocycles. The van der Waals surface area contributed by atoms with Crippen molar-refractivity contribution in [1.29, 1.82) is 0 Å². The number of unbranched alkanes of at least 4 members (excludes halogenated alkanes) is 3. The summed E-state index contributed by atoms with van der Waals surface area (Å²) >= 11 is 0. The second-order valence-electron chi connectivity index (χ2n) is 5.36. The highest BCUT2D eigenvalue weighted by atomic mass is 16.2. The molecule has 2 atom stereocenters. The number of carbonyl (C=O) groups is 2. The van der Waals surface area contributed by atoms with E-state index in [0.717, 1.165) is 38.5 Å². The van der Waals surface area contributed by atoms with Crippen LogP contribution >= 0.6 is 0 Å². The van der Waals surface area contributed by atoms with E-state index in [1.54, 1.807) is 7.05 Å². The van der Waals surface area contributed by atoms with Crippen LogP contribution in [0.25, 0.3) is 0 Å². The first kappa shape index (κ1) is 18.9. The maximum Gasteiger partial charge on any atom is 0.242 e. The molecule has 0 aliphatic heterocycles. The van der Waals surface area contributed by atoms with Gasteiger partial charge in [-0.3, -0.25) is 9.59 Å². The molecule has 118 valence electrons. The highest BCUT2D eigenvalue weighted by Gasteiger charge is 2.21. The molecule has 5 nitrogen and oxygen atoms in total. The zero-order valence-electron chi connectivity index (χ0n) is 13.2. The maximum absolute atomic E-state index is 12.1. The van der Waals surface area contributed by atoms with Crippen LogP contribution in [0.4, 0.5) is 0 Å². The molecule has 0 saturated carbocycles. The fraction of sp³-hybridized carbons (Fsp3) is 0.867. The van der Waals surface area contributed by atoms with Crippen LogP contribution in [0.15, 0.2) is 0 Å². The van der Waals surface area contributed by atoms with E-state index in [-0.39, 0.29) is 17.7 Å².